The van der Waals surface area contributed by atoms with E-state index in [2.05, 4.69) is 20.3 Å². The molecule has 1 aromatic rings. The highest BCUT2D eigenvalue weighted by atomic mass is 32.2. The third-order valence-electron chi connectivity index (χ3n) is 4.67. The molecule has 2 atom stereocenters. The van der Waals surface area contributed by atoms with Crippen molar-refractivity contribution in [2.24, 2.45) is 4.99 Å². The molecule has 0 saturated carbocycles. The lowest BCUT2D eigenvalue weighted by molar-refractivity contribution is 0.0200. The molecule has 0 aromatic heterocycles. The number of hydrogen-bond donors (Lipinski definition) is 3. The number of aryl methyl sites for hydroxylation is 1. The summed E-state index contributed by atoms with van der Waals surface area (Å²) in [4.78, 5) is 4.13. The van der Waals surface area contributed by atoms with Crippen molar-refractivity contribution in [3.63, 3.8) is 0 Å². The van der Waals surface area contributed by atoms with Gasteiger partial charge in [0.05, 0.1) is 18.4 Å². The first-order chi connectivity index (χ1) is 13.9. The summed E-state index contributed by atoms with van der Waals surface area (Å²) < 4.78 is 38.4. The number of guanidine groups is 1. The first-order valence-electron chi connectivity index (χ1n) is 10.2. The van der Waals surface area contributed by atoms with Crippen LogP contribution >= 0.6 is 0 Å². The molecule has 1 fully saturated rings. The van der Waals surface area contributed by atoms with E-state index in [9.17, 15) is 8.42 Å². The van der Waals surface area contributed by atoms with E-state index >= 15 is 0 Å². The number of sulfonamides is 1. The van der Waals surface area contributed by atoms with Gasteiger partial charge in [-0.3, -0.25) is 4.99 Å². The van der Waals surface area contributed by atoms with Gasteiger partial charge in [-0.2, -0.15) is 0 Å². The van der Waals surface area contributed by atoms with Crippen molar-refractivity contribution in [3.05, 3.63) is 29.8 Å². The van der Waals surface area contributed by atoms with Gasteiger partial charge in [0.15, 0.2) is 5.96 Å². The van der Waals surface area contributed by atoms with Gasteiger partial charge in [0, 0.05) is 26.7 Å². The minimum absolute atomic E-state index is 0.0179. The number of hydrogen-bond acceptors (Lipinski definition) is 5. The van der Waals surface area contributed by atoms with Crippen LogP contribution in [0.15, 0.2) is 29.3 Å². The average Bonchev–Trinajstić information content (AvgIpc) is 2.71. The molecule has 0 amide bonds. The molecule has 29 heavy (non-hydrogen) atoms. The average molecular weight is 427 g/mol. The van der Waals surface area contributed by atoms with Gasteiger partial charge in [0.2, 0.25) is 10.0 Å². The molecule has 3 N–H and O–H groups in total. The van der Waals surface area contributed by atoms with Gasteiger partial charge in [-0.15, -0.1) is 0 Å². The van der Waals surface area contributed by atoms with Crippen molar-refractivity contribution in [3.8, 4) is 5.75 Å². The minimum Gasteiger partial charge on any atom is -0.489 e. The molecule has 1 saturated heterocycles. The van der Waals surface area contributed by atoms with E-state index in [4.69, 9.17) is 9.47 Å². The van der Waals surface area contributed by atoms with Gasteiger partial charge in [0.25, 0.3) is 0 Å². The molecule has 0 radical (unpaired) electrons. The topological polar surface area (TPSA) is 101 Å². The van der Waals surface area contributed by atoms with Gasteiger partial charge >= 0.3 is 0 Å². The van der Waals surface area contributed by atoms with E-state index in [1.165, 1.54) is 0 Å². The van der Waals surface area contributed by atoms with Crippen molar-refractivity contribution >= 4 is 16.0 Å². The van der Waals surface area contributed by atoms with Crippen LogP contribution in [0, 0.1) is 6.92 Å². The van der Waals surface area contributed by atoms with E-state index in [-0.39, 0.29) is 24.5 Å². The lowest BCUT2D eigenvalue weighted by atomic mass is 10.1. The lowest BCUT2D eigenvalue weighted by Crippen LogP contribution is -2.44. The highest BCUT2D eigenvalue weighted by Crippen LogP contribution is 2.17. The molecule has 1 aliphatic rings. The summed E-state index contributed by atoms with van der Waals surface area (Å²) in [6.45, 7) is 5.82. The molecular weight excluding hydrogens is 392 g/mol. The Labute approximate surface area is 174 Å². The SMILES string of the molecule is CN=C(NCCS(=O)(=O)NCC1CCCCO1)NCC(C)Oc1ccccc1C. The van der Waals surface area contributed by atoms with Gasteiger partial charge in [-0.25, -0.2) is 13.1 Å². The third kappa shape index (κ3) is 9.01. The van der Waals surface area contributed by atoms with E-state index in [0.717, 1.165) is 30.6 Å². The van der Waals surface area contributed by atoms with E-state index < -0.39 is 10.0 Å². The number of ether oxygens (including phenoxy) is 2. The zero-order chi connectivity index (χ0) is 21.1. The van der Waals surface area contributed by atoms with Gasteiger partial charge in [-0.05, 0) is 44.7 Å². The van der Waals surface area contributed by atoms with E-state index in [0.29, 0.717) is 25.7 Å². The standard InChI is InChI=1S/C20H34N4O4S/c1-16-8-4-5-10-19(16)28-17(2)14-23-20(21-3)22-11-13-29(25,26)24-15-18-9-6-7-12-27-18/h4-5,8,10,17-18,24H,6-7,9,11-15H2,1-3H3,(H2,21,22,23). The fraction of sp³-hybridized carbons (Fsp3) is 0.650. The van der Waals surface area contributed by atoms with Crippen LogP contribution in [0.25, 0.3) is 0 Å². The Bertz CT molecular complexity index is 749. The zero-order valence-electron chi connectivity index (χ0n) is 17.6. The van der Waals surface area contributed by atoms with Crippen molar-refractivity contribution in [2.75, 3.05) is 39.0 Å². The maximum absolute atomic E-state index is 12.2. The van der Waals surface area contributed by atoms with E-state index in [1.807, 2.05) is 38.1 Å². The molecule has 1 aromatic carbocycles. The third-order valence-corrected chi connectivity index (χ3v) is 6.02. The van der Waals surface area contributed by atoms with Crippen LogP contribution in [0.4, 0.5) is 0 Å². The first kappa shape index (κ1) is 23.4. The summed E-state index contributed by atoms with van der Waals surface area (Å²) in [5.41, 5.74) is 1.08. The second-order valence-corrected chi connectivity index (χ2v) is 9.16. The van der Waals surface area contributed by atoms with Crippen LogP contribution in [0.3, 0.4) is 0 Å². The maximum atomic E-state index is 12.2. The summed E-state index contributed by atoms with van der Waals surface area (Å²) in [6.07, 6.45) is 2.95. The Hall–Kier alpha value is -1.84. The lowest BCUT2D eigenvalue weighted by Gasteiger charge is -2.22. The molecule has 0 bridgehead atoms. The Morgan fingerprint density at radius 1 is 1.31 bits per heavy atom. The van der Waals surface area contributed by atoms with Crippen LogP contribution in [-0.2, 0) is 14.8 Å². The number of nitrogens with zero attached hydrogens (tertiary/aromatic N) is 1. The largest absolute Gasteiger partial charge is 0.489 e. The monoisotopic (exact) mass is 426 g/mol. The number of aliphatic imine (C=N–C) groups is 1. The van der Waals surface area contributed by atoms with Crippen molar-refractivity contribution in [1.29, 1.82) is 0 Å². The molecule has 164 valence electrons. The highest BCUT2D eigenvalue weighted by Gasteiger charge is 2.17. The highest BCUT2D eigenvalue weighted by molar-refractivity contribution is 7.89. The second-order valence-electron chi connectivity index (χ2n) is 7.23. The summed E-state index contributed by atoms with van der Waals surface area (Å²) in [7, 11) is -1.71. The molecule has 0 aliphatic carbocycles. The summed E-state index contributed by atoms with van der Waals surface area (Å²) in [6, 6.07) is 7.86. The number of para-hydroxylation sites is 1. The Morgan fingerprint density at radius 2 is 2.10 bits per heavy atom. The minimum atomic E-state index is -3.36. The number of nitrogens with one attached hydrogen (secondary N) is 3. The van der Waals surface area contributed by atoms with Crippen molar-refractivity contribution in [1.82, 2.24) is 15.4 Å². The van der Waals surface area contributed by atoms with Gasteiger partial charge < -0.3 is 20.1 Å². The number of rotatable bonds is 10. The van der Waals surface area contributed by atoms with E-state index in [1.54, 1.807) is 7.05 Å². The van der Waals surface area contributed by atoms with Gasteiger partial charge in [0.1, 0.15) is 11.9 Å². The van der Waals surface area contributed by atoms with Crippen LogP contribution < -0.4 is 20.1 Å². The molecule has 1 heterocycles. The molecule has 9 heteroatoms. The fourth-order valence-corrected chi connectivity index (χ4v) is 3.93. The Kier molecular flexibility index (Phi) is 9.69. The molecule has 2 unspecified atom stereocenters. The Morgan fingerprint density at radius 3 is 2.79 bits per heavy atom. The van der Waals surface area contributed by atoms with Crippen LogP contribution in [0.1, 0.15) is 31.7 Å². The van der Waals surface area contributed by atoms with Crippen molar-refractivity contribution in [2.45, 2.75) is 45.3 Å². The van der Waals surface area contributed by atoms with Crippen LogP contribution in [-0.4, -0.2) is 65.6 Å². The molecule has 0 spiro atoms. The molecule has 8 nitrogen and oxygen atoms in total. The Balaban J connectivity index is 1.66. The molecule has 2 rings (SSSR count). The maximum Gasteiger partial charge on any atom is 0.213 e. The normalized spacial score (nSPS) is 18.9. The second kappa shape index (κ2) is 12.0. The van der Waals surface area contributed by atoms with Crippen LogP contribution in [0.5, 0.6) is 5.75 Å². The summed E-state index contributed by atoms with van der Waals surface area (Å²) in [5, 5.41) is 6.18. The zero-order valence-corrected chi connectivity index (χ0v) is 18.4. The summed E-state index contributed by atoms with van der Waals surface area (Å²) >= 11 is 0. The first-order valence-corrected chi connectivity index (χ1v) is 11.8. The summed E-state index contributed by atoms with van der Waals surface area (Å²) in [5.74, 6) is 1.36. The van der Waals surface area contributed by atoms with Gasteiger partial charge in [-0.1, -0.05) is 18.2 Å². The number of benzene rings is 1. The van der Waals surface area contributed by atoms with Crippen LogP contribution in [0.2, 0.25) is 0 Å². The smallest absolute Gasteiger partial charge is 0.213 e. The van der Waals surface area contributed by atoms with Crippen molar-refractivity contribution < 1.29 is 17.9 Å². The molecular formula is C20H34N4O4S. The molecule has 1 aliphatic heterocycles. The predicted octanol–water partition coefficient (Wildman–Crippen LogP) is 1.42. The predicted molar refractivity (Wildman–Crippen MR) is 116 cm³/mol. The fourth-order valence-electron chi connectivity index (χ4n) is 2.97. The quantitative estimate of drug-likeness (QED) is 0.386.